The summed E-state index contributed by atoms with van der Waals surface area (Å²) in [6.07, 6.45) is 3.13. The highest BCUT2D eigenvalue weighted by atomic mass is 32.2. The van der Waals surface area contributed by atoms with E-state index in [-0.39, 0.29) is 21.9 Å². The summed E-state index contributed by atoms with van der Waals surface area (Å²) in [5.74, 6) is 0.00632. The van der Waals surface area contributed by atoms with E-state index in [1.807, 2.05) is 37.3 Å². The van der Waals surface area contributed by atoms with Gasteiger partial charge < -0.3 is 9.88 Å². The minimum absolute atomic E-state index is 0.0193. The molecule has 2 heterocycles. The molecule has 33 heavy (non-hydrogen) atoms. The van der Waals surface area contributed by atoms with Crippen molar-refractivity contribution in [3.05, 3.63) is 76.1 Å². The zero-order valence-corrected chi connectivity index (χ0v) is 19.9. The number of amides is 1. The van der Waals surface area contributed by atoms with E-state index in [2.05, 4.69) is 12.2 Å². The van der Waals surface area contributed by atoms with Crippen LogP contribution in [0.4, 0.5) is 0 Å². The van der Waals surface area contributed by atoms with Crippen LogP contribution in [0, 0.1) is 5.92 Å². The van der Waals surface area contributed by atoms with Crippen LogP contribution in [0.25, 0.3) is 10.9 Å². The Morgan fingerprint density at radius 3 is 2.42 bits per heavy atom. The topological polar surface area (TPSA) is 88.5 Å². The van der Waals surface area contributed by atoms with Gasteiger partial charge in [0.25, 0.3) is 5.91 Å². The second kappa shape index (κ2) is 9.11. The summed E-state index contributed by atoms with van der Waals surface area (Å²) in [6.45, 7) is 4.91. The molecule has 1 N–H and O–H groups in total. The predicted molar refractivity (Wildman–Crippen MR) is 129 cm³/mol. The molecular weight excluding hydrogens is 438 g/mol. The number of pyridine rings is 1. The molecule has 174 valence electrons. The Labute approximate surface area is 194 Å². The number of sulfonamides is 1. The van der Waals surface area contributed by atoms with E-state index < -0.39 is 21.4 Å². The number of nitrogens with one attached hydrogen (secondary N) is 1. The number of hydrogen-bond acceptors (Lipinski definition) is 4. The summed E-state index contributed by atoms with van der Waals surface area (Å²) < 4.78 is 29.5. The van der Waals surface area contributed by atoms with Crippen LogP contribution in [0.5, 0.6) is 0 Å². The standard InChI is InChI=1S/C25H29N3O4S/c1-17-11-13-28(14-12-17)33(31,32)20-9-10-23-21(15-20)24(29)22(16-27(23)3)25(30)26-18(2)19-7-5-4-6-8-19/h4-10,15-18H,11-14H2,1-3H3,(H,26,30)/t18-/m0/s1. The van der Waals surface area contributed by atoms with E-state index in [0.717, 1.165) is 18.4 Å². The van der Waals surface area contributed by atoms with Crippen LogP contribution >= 0.6 is 0 Å². The molecule has 0 radical (unpaired) electrons. The fraction of sp³-hybridized carbons (Fsp3) is 0.360. The number of aryl methyl sites for hydroxylation is 1. The Hall–Kier alpha value is -2.97. The minimum Gasteiger partial charge on any atom is -0.350 e. The zero-order chi connectivity index (χ0) is 23.8. The Morgan fingerprint density at radius 1 is 1.09 bits per heavy atom. The lowest BCUT2D eigenvalue weighted by atomic mass is 10.0. The predicted octanol–water partition coefficient (Wildman–Crippen LogP) is 3.45. The fourth-order valence-electron chi connectivity index (χ4n) is 4.27. The van der Waals surface area contributed by atoms with Gasteiger partial charge in [0.05, 0.1) is 16.5 Å². The number of nitrogens with zero attached hydrogens (tertiary/aromatic N) is 2. The zero-order valence-electron chi connectivity index (χ0n) is 19.1. The first-order chi connectivity index (χ1) is 15.7. The molecule has 1 amide bonds. The Morgan fingerprint density at radius 2 is 1.76 bits per heavy atom. The van der Waals surface area contributed by atoms with Gasteiger partial charge in [0.2, 0.25) is 15.5 Å². The quantitative estimate of drug-likeness (QED) is 0.623. The summed E-state index contributed by atoms with van der Waals surface area (Å²) in [7, 11) is -1.97. The van der Waals surface area contributed by atoms with Gasteiger partial charge in [0, 0.05) is 31.7 Å². The van der Waals surface area contributed by atoms with Crippen molar-refractivity contribution in [1.29, 1.82) is 0 Å². The van der Waals surface area contributed by atoms with Crippen molar-refractivity contribution >= 4 is 26.8 Å². The van der Waals surface area contributed by atoms with E-state index in [9.17, 15) is 18.0 Å². The third kappa shape index (κ3) is 4.58. The van der Waals surface area contributed by atoms with Gasteiger partial charge in [-0.2, -0.15) is 4.31 Å². The van der Waals surface area contributed by atoms with Crippen molar-refractivity contribution in [1.82, 2.24) is 14.2 Å². The SMILES string of the molecule is CC1CCN(S(=O)(=O)c2ccc3c(c2)c(=O)c(C(=O)N[C@@H](C)c2ccccc2)cn3C)CC1. The number of rotatable bonds is 5. The number of fused-ring (bicyclic) bond motifs is 1. The van der Waals surface area contributed by atoms with Crippen molar-refractivity contribution in [3.63, 3.8) is 0 Å². The molecule has 0 spiro atoms. The Kier molecular flexibility index (Phi) is 6.41. The highest BCUT2D eigenvalue weighted by Crippen LogP contribution is 2.25. The van der Waals surface area contributed by atoms with Crippen molar-refractivity contribution in [2.24, 2.45) is 13.0 Å². The molecule has 1 fully saturated rings. The largest absolute Gasteiger partial charge is 0.350 e. The van der Waals surface area contributed by atoms with Crippen LogP contribution < -0.4 is 10.7 Å². The second-order valence-corrected chi connectivity index (χ2v) is 10.8. The molecule has 0 saturated carbocycles. The number of piperidine rings is 1. The number of benzene rings is 2. The monoisotopic (exact) mass is 467 g/mol. The summed E-state index contributed by atoms with van der Waals surface area (Å²) in [5, 5.41) is 3.08. The molecule has 0 unspecified atom stereocenters. The smallest absolute Gasteiger partial charge is 0.257 e. The Balaban J connectivity index is 1.69. The average molecular weight is 468 g/mol. The van der Waals surface area contributed by atoms with Crippen LogP contribution in [0.3, 0.4) is 0 Å². The first-order valence-corrected chi connectivity index (χ1v) is 12.6. The maximum atomic E-state index is 13.3. The van der Waals surface area contributed by atoms with Gasteiger partial charge in [-0.3, -0.25) is 9.59 Å². The lowest BCUT2D eigenvalue weighted by molar-refractivity contribution is 0.0938. The van der Waals surface area contributed by atoms with Gasteiger partial charge in [-0.1, -0.05) is 37.3 Å². The number of carbonyl (C=O) groups is 1. The van der Waals surface area contributed by atoms with Crippen LogP contribution in [0.2, 0.25) is 0 Å². The molecule has 1 aromatic heterocycles. The molecule has 0 bridgehead atoms. The van der Waals surface area contributed by atoms with Gasteiger partial charge in [0.15, 0.2) is 0 Å². The summed E-state index contributed by atoms with van der Waals surface area (Å²) >= 11 is 0. The van der Waals surface area contributed by atoms with Crippen LogP contribution in [0.15, 0.2) is 64.4 Å². The van der Waals surface area contributed by atoms with Gasteiger partial charge in [-0.25, -0.2) is 8.42 Å². The molecule has 8 heteroatoms. The summed E-state index contributed by atoms with van der Waals surface area (Å²) in [5.41, 5.74) is 0.992. The maximum absolute atomic E-state index is 13.3. The fourth-order valence-corrected chi connectivity index (χ4v) is 5.76. The molecule has 0 aliphatic carbocycles. The summed E-state index contributed by atoms with van der Waals surface area (Å²) in [6, 6.07) is 13.8. The van der Waals surface area contributed by atoms with Gasteiger partial charge in [-0.05, 0) is 49.4 Å². The van der Waals surface area contributed by atoms with E-state index in [4.69, 9.17) is 0 Å². The highest BCUT2D eigenvalue weighted by molar-refractivity contribution is 7.89. The molecule has 7 nitrogen and oxygen atoms in total. The molecule has 1 aliphatic heterocycles. The number of aromatic nitrogens is 1. The van der Waals surface area contributed by atoms with E-state index >= 15 is 0 Å². The van der Waals surface area contributed by atoms with Gasteiger partial charge >= 0.3 is 0 Å². The molecule has 1 saturated heterocycles. The molecule has 1 atom stereocenters. The lowest BCUT2D eigenvalue weighted by Gasteiger charge is -2.29. The first kappa shape index (κ1) is 23.2. The normalized spacial score (nSPS) is 16.6. The van der Waals surface area contributed by atoms with Crippen LogP contribution in [0.1, 0.15) is 48.7 Å². The van der Waals surface area contributed by atoms with Crippen molar-refractivity contribution in [2.45, 2.75) is 37.6 Å². The van der Waals surface area contributed by atoms with Gasteiger partial charge in [-0.15, -0.1) is 0 Å². The van der Waals surface area contributed by atoms with Crippen molar-refractivity contribution in [3.8, 4) is 0 Å². The highest BCUT2D eigenvalue weighted by Gasteiger charge is 2.29. The Bertz CT molecular complexity index is 1340. The van der Waals surface area contributed by atoms with E-state index in [1.165, 1.54) is 22.6 Å². The third-order valence-electron chi connectivity index (χ3n) is 6.43. The molecule has 1 aliphatic rings. The van der Waals surface area contributed by atoms with Crippen LogP contribution in [-0.4, -0.2) is 36.3 Å². The number of hydrogen-bond donors (Lipinski definition) is 1. The van der Waals surface area contributed by atoms with Crippen LogP contribution in [-0.2, 0) is 17.1 Å². The lowest BCUT2D eigenvalue weighted by Crippen LogP contribution is -2.38. The maximum Gasteiger partial charge on any atom is 0.257 e. The molecule has 2 aromatic carbocycles. The third-order valence-corrected chi connectivity index (χ3v) is 8.33. The molecule has 4 rings (SSSR count). The minimum atomic E-state index is -3.71. The van der Waals surface area contributed by atoms with E-state index in [0.29, 0.717) is 24.5 Å². The molecule has 3 aromatic rings. The average Bonchev–Trinajstić information content (AvgIpc) is 2.81. The molecular formula is C25H29N3O4S. The van der Waals surface area contributed by atoms with E-state index in [1.54, 1.807) is 17.7 Å². The second-order valence-electron chi connectivity index (χ2n) is 8.85. The number of carbonyl (C=O) groups excluding carboxylic acids is 1. The summed E-state index contributed by atoms with van der Waals surface area (Å²) in [4.78, 5) is 26.3. The van der Waals surface area contributed by atoms with Crippen molar-refractivity contribution in [2.75, 3.05) is 13.1 Å². The first-order valence-electron chi connectivity index (χ1n) is 11.2. The van der Waals surface area contributed by atoms with Crippen molar-refractivity contribution < 1.29 is 13.2 Å². The van der Waals surface area contributed by atoms with Gasteiger partial charge in [0.1, 0.15) is 5.56 Å².